The molecule has 1 aromatic rings. The third-order valence-electron chi connectivity index (χ3n) is 1.71. The lowest BCUT2D eigenvalue weighted by Gasteiger charge is -2.03. The van der Waals surface area contributed by atoms with Crippen LogP contribution in [0, 0.1) is 0 Å². The summed E-state index contributed by atoms with van der Waals surface area (Å²) >= 11 is 3.20. The highest BCUT2D eigenvalue weighted by molar-refractivity contribution is 9.09. The molecule has 0 aliphatic heterocycles. The van der Waals surface area contributed by atoms with E-state index < -0.39 is 0 Å². The molecule has 1 rings (SSSR count). The van der Waals surface area contributed by atoms with Gasteiger partial charge in [-0.1, -0.05) is 15.9 Å². The predicted molar refractivity (Wildman–Crippen MR) is 53.5 cm³/mol. The van der Waals surface area contributed by atoms with Gasteiger partial charge in [0.1, 0.15) is 0 Å². The third kappa shape index (κ3) is 3.18. The molecule has 13 heavy (non-hydrogen) atoms. The fourth-order valence-electron chi connectivity index (χ4n) is 0.938. The molecular weight excluding hydrogens is 234 g/mol. The Bertz CT molecular complexity index is 285. The molecule has 0 radical (unpaired) electrons. The van der Waals surface area contributed by atoms with Gasteiger partial charge in [-0.15, -0.1) is 0 Å². The Labute approximate surface area is 85.4 Å². The molecule has 4 nitrogen and oxygen atoms in total. The van der Waals surface area contributed by atoms with Gasteiger partial charge < -0.3 is 5.32 Å². The Hall–Kier alpha value is -0.840. The molecule has 0 spiro atoms. The van der Waals surface area contributed by atoms with Crippen LogP contribution in [0.4, 0.5) is 0 Å². The summed E-state index contributed by atoms with van der Waals surface area (Å²) < 4.78 is 1.74. The monoisotopic (exact) mass is 245 g/mol. The number of nitrogens with one attached hydrogen (secondary N) is 1. The highest BCUT2D eigenvalue weighted by Crippen LogP contribution is 1.95. The number of alkyl halides is 1. The summed E-state index contributed by atoms with van der Waals surface area (Å²) in [7, 11) is 1.85. The van der Waals surface area contributed by atoms with Crippen LogP contribution in [0.25, 0.3) is 0 Å². The number of aryl methyl sites for hydroxylation is 1. The lowest BCUT2D eigenvalue weighted by Crippen LogP contribution is -2.23. The van der Waals surface area contributed by atoms with Gasteiger partial charge in [-0.25, -0.2) is 0 Å². The van der Waals surface area contributed by atoms with Crippen molar-refractivity contribution in [2.45, 2.75) is 13.0 Å². The second kappa shape index (κ2) is 5.01. The maximum atomic E-state index is 11.1. The molecule has 0 aliphatic rings. The first-order valence-corrected chi connectivity index (χ1v) is 5.15. The molecule has 0 saturated carbocycles. The largest absolute Gasteiger partial charge is 0.350 e. The van der Waals surface area contributed by atoms with Crippen molar-refractivity contribution in [1.29, 1.82) is 0 Å². The van der Waals surface area contributed by atoms with Gasteiger partial charge in [-0.2, -0.15) is 5.10 Å². The maximum Gasteiger partial charge on any atom is 0.221 e. The molecule has 0 atom stereocenters. The molecule has 0 fully saturated rings. The summed E-state index contributed by atoms with van der Waals surface area (Å²) in [5, 5.41) is 7.49. The summed E-state index contributed by atoms with van der Waals surface area (Å²) in [4.78, 5) is 11.1. The van der Waals surface area contributed by atoms with Crippen molar-refractivity contribution in [2.75, 3.05) is 5.33 Å². The van der Waals surface area contributed by atoms with E-state index in [1.54, 1.807) is 10.9 Å². The zero-order valence-electron chi connectivity index (χ0n) is 7.46. The number of nitrogens with zero attached hydrogens (tertiary/aromatic N) is 2. The van der Waals surface area contributed by atoms with Crippen molar-refractivity contribution in [1.82, 2.24) is 15.1 Å². The van der Waals surface area contributed by atoms with E-state index in [1.807, 2.05) is 13.1 Å². The Morgan fingerprint density at radius 2 is 2.54 bits per heavy atom. The number of carbonyl (C=O) groups is 1. The highest BCUT2D eigenvalue weighted by Gasteiger charge is 2.01. The Balaban J connectivity index is 2.35. The first-order chi connectivity index (χ1) is 6.24. The van der Waals surface area contributed by atoms with Gasteiger partial charge in [0.15, 0.2) is 0 Å². The molecule has 0 saturated heterocycles. The van der Waals surface area contributed by atoms with Crippen LogP contribution in [0.2, 0.25) is 0 Å². The molecule has 0 unspecified atom stereocenters. The molecule has 1 aromatic heterocycles. The van der Waals surface area contributed by atoms with Crippen molar-refractivity contribution in [2.24, 2.45) is 7.05 Å². The van der Waals surface area contributed by atoms with Crippen LogP contribution in [-0.4, -0.2) is 21.0 Å². The van der Waals surface area contributed by atoms with Crippen LogP contribution in [0.3, 0.4) is 0 Å². The van der Waals surface area contributed by atoms with Gasteiger partial charge in [0.25, 0.3) is 0 Å². The van der Waals surface area contributed by atoms with Crippen molar-refractivity contribution in [3.8, 4) is 0 Å². The maximum absolute atomic E-state index is 11.1. The van der Waals surface area contributed by atoms with Crippen LogP contribution in [0.15, 0.2) is 12.3 Å². The summed E-state index contributed by atoms with van der Waals surface area (Å²) in [5.74, 6) is 0.0538. The minimum Gasteiger partial charge on any atom is -0.350 e. The van der Waals surface area contributed by atoms with E-state index in [4.69, 9.17) is 0 Å². The molecule has 1 amide bonds. The molecule has 5 heteroatoms. The van der Waals surface area contributed by atoms with E-state index in [2.05, 4.69) is 26.3 Å². The van der Waals surface area contributed by atoms with E-state index >= 15 is 0 Å². The van der Waals surface area contributed by atoms with Crippen LogP contribution < -0.4 is 5.32 Å². The van der Waals surface area contributed by atoms with Gasteiger partial charge in [-0.3, -0.25) is 9.48 Å². The van der Waals surface area contributed by atoms with Gasteiger partial charge in [0.2, 0.25) is 5.91 Å². The number of hydrogen-bond donors (Lipinski definition) is 1. The Morgan fingerprint density at radius 3 is 3.08 bits per heavy atom. The average molecular weight is 246 g/mol. The van der Waals surface area contributed by atoms with E-state index in [-0.39, 0.29) is 5.91 Å². The standard InChI is InChI=1S/C8H12BrN3O/c1-12-7(3-5-11-12)6-10-8(13)2-4-9/h3,5H,2,4,6H2,1H3,(H,10,13). The number of amides is 1. The molecule has 72 valence electrons. The zero-order valence-corrected chi connectivity index (χ0v) is 9.04. The second-order valence-electron chi connectivity index (χ2n) is 2.66. The zero-order chi connectivity index (χ0) is 9.68. The van der Waals surface area contributed by atoms with Crippen LogP contribution in [0.1, 0.15) is 12.1 Å². The fraction of sp³-hybridized carbons (Fsp3) is 0.500. The second-order valence-corrected chi connectivity index (χ2v) is 3.45. The van der Waals surface area contributed by atoms with Crippen molar-refractivity contribution >= 4 is 21.8 Å². The molecule has 0 aromatic carbocycles. The normalized spacial score (nSPS) is 10.0. The van der Waals surface area contributed by atoms with Gasteiger partial charge >= 0.3 is 0 Å². The van der Waals surface area contributed by atoms with Crippen LogP contribution in [0.5, 0.6) is 0 Å². The van der Waals surface area contributed by atoms with Crippen molar-refractivity contribution in [3.05, 3.63) is 18.0 Å². The van der Waals surface area contributed by atoms with Gasteiger partial charge in [-0.05, 0) is 6.07 Å². The first-order valence-electron chi connectivity index (χ1n) is 4.03. The summed E-state index contributed by atoms with van der Waals surface area (Å²) in [5.41, 5.74) is 1.00. The van der Waals surface area contributed by atoms with E-state index in [9.17, 15) is 4.79 Å². The Morgan fingerprint density at radius 1 is 1.77 bits per heavy atom. The van der Waals surface area contributed by atoms with E-state index in [0.717, 1.165) is 5.69 Å². The lowest BCUT2D eigenvalue weighted by atomic mass is 10.4. The SMILES string of the molecule is Cn1nccc1CNC(=O)CCBr. The Kier molecular flexibility index (Phi) is 3.95. The van der Waals surface area contributed by atoms with E-state index in [1.165, 1.54) is 0 Å². The average Bonchev–Trinajstić information content (AvgIpc) is 2.48. The predicted octanol–water partition coefficient (Wildman–Crippen LogP) is 0.821. The number of aromatic nitrogens is 2. The van der Waals surface area contributed by atoms with Crippen LogP contribution >= 0.6 is 15.9 Å². The number of halogens is 1. The highest BCUT2D eigenvalue weighted by atomic mass is 79.9. The fourth-order valence-corrected chi connectivity index (χ4v) is 1.30. The van der Waals surface area contributed by atoms with Crippen LogP contribution in [-0.2, 0) is 18.4 Å². The third-order valence-corrected chi connectivity index (χ3v) is 2.11. The van der Waals surface area contributed by atoms with Crippen molar-refractivity contribution < 1.29 is 4.79 Å². The number of carbonyl (C=O) groups excluding carboxylic acids is 1. The minimum absolute atomic E-state index is 0.0538. The molecular formula is C8H12BrN3O. The van der Waals surface area contributed by atoms with Gasteiger partial charge in [0.05, 0.1) is 12.2 Å². The number of rotatable bonds is 4. The minimum atomic E-state index is 0.0538. The van der Waals surface area contributed by atoms with Crippen molar-refractivity contribution in [3.63, 3.8) is 0 Å². The summed E-state index contributed by atoms with van der Waals surface area (Å²) in [6, 6.07) is 1.88. The molecule has 1 heterocycles. The summed E-state index contributed by atoms with van der Waals surface area (Å²) in [6.07, 6.45) is 2.23. The topological polar surface area (TPSA) is 46.9 Å². The summed E-state index contributed by atoms with van der Waals surface area (Å²) in [6.45, 7) is 0.544. The molecule has 1 N–H and O–H groups in total. The lowest BCUT2D eigenvalue weighted by molar-refractivity contribution is -0.120. The first kappa shape index (κ1) is 10.2. The van der Waals surface area contributed by atoms with Gasteiger partial charge in [0, 0.05) is 25.0 Å². The van der Waals surface area contributed by atoms with E-state index in [0.29, 0.717) is 18.3 Å². The smallest absolute Gasteiger partial charge is 0.221 e. The molecule has 0 aliphatic carbocycles. The molecule has 0 bridgehead atoms. The quantitative estimate of drug-likeness (QED) is 0.799. The number of hydrogen-bond acceptors (Lipinski definition) is 2.